The van der Waals surface area contributed by atoms with Gasteiger partial charge in [0.15, 0.2) is 5.82 Å². The molecular weight excluding hydrogens is 313 g/mol. The van der Waals surface area contributed by atoms with Crippen molar-refractivity contribution in [3.63, 3.8) is 0 Å². The average molecular weight is 331 g/mol. The van der Waals surface area contributed by atoms with Crippen LogP contribution in [-0.4, -0.2) is 40.2 Å². The molecule has 1 aliphatic rings. The number of aromatic nitrogens is 3. The van der Waals surface area contributed by atoms with E-state index in [1.807, 2.05) is 24.0 Å². The molecular formula is C16H18FN5O2. The van der Waals surface area contributed by atoms with Gasteiger partial charge in [0.1, 0.15) is 11.4 Å². The molecule has 3 rings (SSSR count). The standard InChI is InChI=1S/C16H18FN5O2/c1-10-4-5-14(21-20-10)22-6-2-3-12(9-22)19-16(24)13-7-11(17)8-18-15(13)23/h4-5,7-8,12H,2-3,6,9H2,1H3,(H,18,23)(H,19,24). The first-order valence-corrected chi connectivity index (χ1v) is 7.77. The van der Waals surface area contributed by atoms with Crippen LogP contribution in [0, 0.1) is 12.7 Å². The minimum absolute atomic E-state index is 0.142. The molecule has 1 fully saturated rings. The summed E-state index contributed by atoms with van der Waals surface area (Å²) < 4.78 is 13.2. The number of H-pyrrole nitrogens is 1. The summed E-state index contributed by atoms with van der Waals surface area (Å²) in [5.41, 5.74) is 0.0131. The highest BCUT2D eigenvalue weighted by Crippen LogP contribution is 2.17. The smallest absolute Gasteiger partial charge is 0.260 e. The first kappa shape index (κ1) is 16.1. The Kier molecular flexibility index (Phi) is 4.54. The molecule has 126 valence electrons. The maximum absolute atomic E-state index is 13.2. The van der Waals surface area contributed by atoms with Crippen LogP contribution in [0.5, 0.6) is 0 Å². The number of aryl methyl sites for hydroxylation is 1. The van der Waals surface area contributed by atoms with Gasteiger partial charge < -0.3 is 15.2 Å². The number of nitrogens with zero attached hydrogens (tertiary/aromatic N) is 3. The van der Waals surface area contributed by atoms with Gasteiger partial charge >= 0.3 is 0 Å². The lowest BCUT2D eigenvalue weighted by Gasteiger charge is -2.33. The Hall–Kier alpha value is -2.77. The fourth-order valence-corrected chi connectivity index (χ4v) is 2.75. The van der Waals surface area contributed by atoms with E-state index in [-0.39, 0.29) is 11.6 Å². The summed E-state index contributed by atoms with van der Waals surface area (Å²) in [6, 6.07) is 4.58. The van der Waals surface area contributed by atoms with Crippen molar-refractivity contribution in [2.45, 2.75) is 25.8 Å². The summed E-state index contributed by atoms with van der Waals surface area (Å²) in [7, 11) is 0. The van der Waals surface area contributed by atoms with Crippen molar-refractivity contribution in [3.8, 4) is 0 Å². The Morgan fingerprint density at radius 2 is 2.25 bits per heavy atom. The van der Waals surface area contributed by atoms with Gasteiger partial charge in [-0.25, -0.2) is 4.39 Å². The molecule has 1 unspecified atom stereocenters. The fourth-order valence-electron chi connectivity index (χ4n) is 2.75. The molecule has 8 heteroatoms. The van der Waals surface area contributed by atoms with Crippen molar-refractivity contribution in [3.05, 3.63) is 51.8 Å². The lowest BCUT2D eigenvalue weighted by molar-refractivity contribution is 0.0931. The number of carbonyl (C=O) groups excluding carboxylic acids is 1. The summed E-state index contributed by atoms with van der Waals surface area (Å²) in [5.74, 6) is -0.472. The number of aromatic amines is 1. The van der Waals surface area contributed by atoms with Crippen LogP contribution in [0.2, 0.25) is 0 Å². The van der Waals surface area contributed by atoms with Crippen molar-refractivity contribution in [1.82, 2.24) is 20.5 Å². The first-order valence-electron chi connectivity index (χ1n) is 7.77. The normalized spacial score (nSPS) is 17.6. The van der Waals surface area contributed by atoms with Crippen LogP contribution >= 0.6 is 0 Å². The van der Waals surface area contributed by atoms with E-state index in [0.29, 0.717) is 6.54 Å². The maximum atomic E-state index is 13.2. The third kappa shape index (κ3) is 3.58. The molecule has 1 amide bonds. The molecule has 1 atom stereocenters. The van der Waals surface area contributed by atoms with E-state index in [2.05, 4.69) is 20.5 Å². The monoisotopic (exact) mass is 331 g/mol. The van der Waals surface area contributed by atoms with E-state index >= 15 is 0 Å². The zero-order valence-electron chi connectivity index (χ0n) is 13.3. The number of anilines is 1. The maximum Gasteiger partial charge on any atom is 0.260 e. The van der Waals surface area contributed by atoms with Gasteiger partial charge in [0.2, 0.25) is 0 Å². The molecule has 24 heavy (non-hydrogen) atoms. The highest BCUT2D eigenvalue weighted by Gasteiger charge is 2.24. The van der Waals surface area contributed by atoms with Gasteiger partial charge in [-0.15, -0.1) is 5.10 Å². The van der Waals surface area contributed by atoms with E-state index in [1.165, 1.54) is 0 Å². The summed E-state index contributed by atoms with van der Waals surface area (Å²) in [5, 5.41) is 11.0. The van der Waals surface area contributed by atoms with Crippen LogP contribution in [0.4, 0.5) is 10.2 Å². The third-order valence-electron chi connectivity index (χ3n) is 3.98. The second kappa shape index (κ2) is 6.77. The predicted octanol–water partition coefficient (Wildman–Crippen LogP) is 1.01. The average Bonchev–Trinajstić information content (AvgIpc) is 2.58. The van der Waals surface area contributed by atoms with E-state index in [1.54, 1.807) is 0 Å². The molecule has 2 aromatic rings. The number of nitrogens with one attached hydrogen (secondary N) is 2. The largest absolute Gasteiger partial charge is 0.353 e. The number of pyridine rings is 1. The van der Waals surface area contributed by atoms with Gasteiger partial charge in [0.25, 0.3) is 11.5 Å². The van der Waals surface area contributed by atoms with Crippen LogP contribution < -0.4 is 15.8 Å². The molecule has 1 aliphatic heterocycles. The quantitative estimate of drug-likeness (QED) is 0.876. The topological polar surface area (TPSA) is 91.0 Å². The molecule has 2 aromatic heterocycles. The van der Waals surface area contributed by atoms with Crippen molar-refractivity contribution in [2.24, 2.45) is 0 Å². The fraction of sp³-hybridized carbons (Fsp3) is 0.375. The zero-order valence-corrected chi connectivity index (χ0v) is 13.3. The van der Waals surface area contributed by atoms with Crippen LogP contribution in [0.3, 0.4) is 0 Å². The molecule has 2 N–H and O–H groups in total. The molecule has 0 aliphatic carbocycles. The van der Waals surface area contributed by atoms with Crippen molar-refractivity contribution >= 4 is 11.7 Å². The summed E-state index contributed by atoms with van der Waals surface area (Å²) in [6.07, 6.45) is 2.59. The number of amides is 1. The molecule has 7 nitrogen and oxygen atoms in total. The minimum atomic E-state index is -0.653. The summed E-state index contributed by atoms with van der Waals surface area (Å²) >= 11 is 0. The van der Waals surface area contributed by atoms with E-state index in [4.69, 9.17) is 0 Å². The first-order chi connectivity index (χ1) is 11.5. The van der Waals surface area contributed by atoms with Crippen LogP contribution in [0.1, 0.15) is 28.9 Å². The number of hydrogen-bond acceptors (Lipinski definition) is 5. The Bertz CT molecular complexity index is 790. The molecule has 3 heterocycles. The highest BCUT2D eigenvalue weighted by atomic mass is 19.1. The summed E-state index contributed by atoms with van der Waals surface area (Å²) in [6.45, 7) is 3.26. The predicted molar refractivity (Wildman–Crippen MR) is 86.5 cm³/mol. The third-order valence-corrected chi connectivity index (χ3v) is 3.98. The highest BCUT2D eigenvalue weighted by molar-refractivity contribution is 5.94. The lowest BCUT2D eigenvalue weighted by atomic mass is 10.1. The Morgan fingerprint density at radius 3 is 3.00 bits per heavy atom. The lowest BCUT2D eigenvalue weighted by Crippen LogP contribution is -2.48. The molecule has 0 saturated carbocycles. The number of halogens is 1. The van der Waals surface area contributed by atoms with E-state index < -0.39 is 17.3 Å². The molecule has 1 saturated heterocycles. The van der Waals surface area contributed by atoms with Crippen molar-refractivity contribution in [2.75, 3.05) is 18.0 Å². The molecule has 0 bridgehead atoms. The van der Waals surface area contributed by atoms with Gasteiger partial charge in [-0.1, -0.05) is 0 Å². The number of rotatable bonds is 3. The summed E-state index contributed by atoms with van der Waals surface area (Å²) in [4.78, 5) is 28.1. The van der Waals surface area contributed by atoms with Crippen molar-refractivity contribution in [1.29, 1.82) is 0 Å². The minimum Gasteiger partial charge on any atom is -0.353 e. The second-order valence-electron chi connectivity index (χ2n) is 5.85. The number of carbonyl (C=O) groups is 1. The molecule has 0 aromatic carbocycles. The number of piperidine rings is 1. The van der Waals surface area contributed by atoms with E-state index in [0.717, 1.165) is 43.2 Å². The van der Waals surface area contributed by atoms with Gasteiger partial charge in [-0.05, 0) is 38.0 Å². The van der Waals surface area contributed by atoms with Crippen LogP contribution in [0.15, 0.2) is 29.2 Å². The van der Waals surface area contributed by atoms with E-state index in [9.17, 15) is 14.0 Å². The van der Waals surface area contributed by atoms with Gasteiger partial charge in [0.05, 0.1) is 5.69 Å². The van der Waals surface area contributed by atoms with Gasteiger partial charge in [-0.3, -0.25) is 9.59 Å². The Balaban J connectivity index is 1.69. The Morgan fingerprint density at radius 1 is 1.42 bits per heavy atom. The van der Waals surface area contributed by atoms with Crippen LogP contribution in [0.25, 0.3) is 0 Å². The van der Waals surface area contributed by atoms with Crippen molar-refractivity contribution < 1.29 is 9.18 Å². The molecule has 0 spiro atoms. The van der Waals surface area contributed by atoms with Gasteiger partial charge in [0, 0.05) is 25.3 Å². The SMILES string of the molecule is Cc1ccc(N2CCCC(NC(=O)c3cc(F)c[nH]c3=O)C2)nn1. The van der Waals surface area contributed by atoms with Gasteiger partial charge in [-0.2, -0.15) is 5.10 Å². The van der Waals surface area contributed by atoms with Crippen LogP contribution in [-0.2, 0) is 0 Å². The zero-order chi connectivity index (χ0) is 17.1. The molecule has 0 radical (unpaired) electrons. The number of hydrogen-bond donors (Lipinski definition) is 2. The second-order valence-corrected chi connectivity index (χ2v) is 5.85. The Labute approximate surface area is 137 Å².